The summed E-state index contributed by atoms with van der Waals surface area (Å²) >= 11 is 1.13. The van der Waals surface area contributed by atoms with Crippen molar-refractivity contribution in [2.24, 2.45) is 7.05 Å². The third-order valence-electron chi connectivity index (χ3n) is 2.59. The Bertz CT molecular complexity index is 717. The minimum absolute atomic E-state index is 0.212. The number of hydrogen-bond donors (Lipinski definition) is 1. The molecule has 2 heterocycles. The predicted octanol–water partition coefficient (Wildman–Crippen LogP) is 1.68. The number of rotatable bonds is 2. The van der Waals surface area contributed by atoms with E-state index in [2.05, 4.69) is 19.2 Å². The standard InChI is InChI=1S/C11H9N5OS/c1-16-9(5-6-12-16)11(17)13-7-3-2-4-8-10(7)15-18-14-8/h2-6H,1H3,(H,13,17). The molecule has 0 unspecified atom stereocenters. The van der Waals surface area contributed by atoms with Gasteiger partial charge < -0.3 is 5.32 Å². The molecular weight excluding hydrogens is 250 g/mol. The Morgan fingerprint density at radius 1 is 1.33 bits per heavy atom. The van der Waals surface area contributed by atoms with Gasteiger partial charge in [0.05, 0.1) is 17.4 Å². The molecule has 0 aliphatic rings. The first-order chi connectivity index (χ1) is 8.75. The summed E-state index contributed by atoms with van der Waals surface area (Å²) in [5.74, 6) is -0.212. The molecule has 7 heteroatoms. The number of hydrogen-bond acceptors (Lipinski definition) is 5. The Kier molecular flexibility index (Phi) is 2.52. The number of nitrogens with one attached hydrogen (secondary N) is 1. The fourth-order valence-corrected chi connectivity index (χ4v) is 2.24. The second kappa shape index (κ2) is 4.19. The van der Waals surface area contributed by atoms with Gasteiger partial charge >= 0.3 is 0 Å². The van der Waals surface area contributed by atoms with Gasteiger partial charge in [-0.3, -0.25) is 9.48 Å². The monoisotopic (exact) mass is 259 g/mol. The molecule has 0 aliphatic carbocycles. The topological polar surface area (TPSA) is 72.7 Å². The Morgan fingerprint density at radius 2 is 2.22 bits per heavy atom. The molecule has 18 heavy (non-hydrogen) atoms. The quantitative estimate of drug-likeness (QED) is 0.760. The van der Waals surface area contributed by atoms with Crippen molar-refractivity contribution < 1.29 is 4.79 Å². The van der Waals surface area contributed by atoms with Crippen LogP contribution < -0.4 is 5.32 Å². The molecule has 3 aromatic rings. The molecule has 0 spiro atoms. The molecule has 0 saturated carbocycles. The van der Waals surface area contributed by atoms with Gasteiger partial charge in [-0.1, -0.05) is 6.07 Å². The van der Waals surface area contributed by atoms with E-state index in [1.807, 2.05) is 12.1 Å². The molecule has 0 aliphatic heterocycles. The van der Waals surface area contributed by atoms with E-state index in [1.165, 1.54) is 4.68 Å². The molecule has 0 bridgehead atoms. The summed E-state index contributed by atoms with van der Waals surface area (Å²) < 4.78 is 9.82. The molecule has 90 valence electrons. The third kappa shape index (κ3) is 1.74. The van der Waals surface area contributed by atoms with Crippen molar-refractivity contribution in [3.05, 3.63) is 36.2 Å². The zero-order chi connectivity index (χ0) is 12.5. The van der Waals surface area contributed by atoms with Crippen molar-refractivity contribution >= 4 is 34.4 Å². The van der Waals surface area contributed by atoms with Crippen LogP contribution in [0.4, 0.5) is 5.69 Å². The zero-order valence-corrected chi connectivity index (χ0v) is 10.3. The summed E-state index contributed by atoms with van der Waals surface area (Å²) in [7, 11) is 1.72. The van der Waals surface area contributed by atoms with Crippen LogP contribution in [0.15, 0.2) is 30.5 Å². The predicted molar refractivity (Wildman–Crippen MR) is 68.6 cm³/mol. The van der Waals surface area contributed by atoms with Crippen LogP contribution >= 0.6 is 11.7 Å². The maximum Gasteiger partial charge on any atom is 0.273 e. The van der Waals surface area contributed by atoms with Crippen molar-refractivity contribution in [2.45, 2.75) is 0 Å². The summed E-state index contributed by atoms with van der Waals surface area (Å²) in [5.41, 5.74) is 2.64. The van der Waals surface area contributed by atoms with Crippen molar-refractivity contribution in [2.75, 3.05) is 5.32 Å². The van der Waals surface area contributed by atoms with E-state index in [0.29, 0.717) is 16.9 Å². The van der Waals surface area contributed by atoms with Crippen LogP contribution in [-0.4, -0.2) is 24.4 Å². The van der Waals surface area contributed by atoms with Gasteiger partial charge in [-0.2, -0.15) is 13.8 Å². The highest BCUT2D eigenvalue weighted by Gasteiger charge is 2.12. The summed E-state index contributed by atoms with van der Waals surface area (Å²) in [6.07, 6.45) is 1.58. The highest BCUT2D eigenvalue weighted by Crippen LogP contribution is 2.21. The normalized spacial score (nSPS) is 10.7. The van der Waals surface area contributed by atoms with Crippen LogP contribution in [0.2, 0.25) is 0 Å². The molecule has 0 saturated heterocycles. The van der Waals surface area contributed by atoms with E-state index in [9.17, 15) is 4.79 Å². The van der Waals surface area contributed by atoms with Crippen molar-refractivity contribution in [1.82, 2.24) is 18.5 Å². The second-order valence-electron chi connectivity index (χ2n) is 3.73. The van der Waals surface area contributed by atoms with Gasteiger partial charge in [0.25, 0.3) is 5.91 Å². The van der Waals surface area contributed by atoms with Crippen LogP contribution in [0.3, 0.4) is 0 Å². The van der Waals surface area contributed by atoms with Crippen LogP contribution in [0.5, 0.6) is 0 Å². The fourth-order valence-electron chi connectivity index (χ4n) is 1.69. The average Bonchev–Trinajstić information content (AvgIpc) is 2.97. The Labute approximate surface area is 107 Å². The Hall–Kier alpha value is -2.28. The highest BCUT2D eigenvalue weighted by atomic mass is 32.1. The molecule has 2 aromatic heterocycles. The van der Waals surface area contributed by atoms with Crippen LogP contribution in [0.1, 0.15) is 10.5 Å². The lowest BCUT2D eigenvalue weighted by Gasteiger charge is -2.05. The van der Waals surface area contributed by atoms with Gasteiger partial charge in [-0.05, 0) is 18.2 Å². The number of amides is 1. The molecule has 1 N–H and O–H groups in total. The van der Waals surface area contributed by atoms with E-state index in [1.54, 1.807) is 25.4 Å². The van der Waals surface area contributed by atoms with Gasteiger partial charge in [0.1, 0.15) is 16.7 Å². The van der Waals surface area contributed by atoms with Gasteiger partial charge in [0.2, 0.25) is 0 Å². The number of fused-ring (bicyclic) bond motifs is 1. The molecule has 6 nitrogen and oxygen atoms in total. The minimum Gasteiger partial charge on any atom is -0.319 e. The fraction of sp³-hybridized carbons (Fsp3) is 0.0909. The average molecular weight is 259 g/mol. The zero-order valence-electron chi connectivity index (χ0n) is 9.49. The molecular formula is C11H9N5OS. The van der Waals surface area contributed by atoms with E-state index in [-0.39, 0.29) is 5.91 Å². The van der Waals surface area contributed by atoms with Crippen molar-refractivity contribution in [3.63, 3.8) is 0 Å². The first-order valence-electron chi connectivity index (χ1n) is 5.26. The van der Waals surface area contributed by atoms with E-state index in [4.69, 9.17) is 0 Å². The lowest BCUT2D eigenvalue weighted by Crippen LogP contribution is -2.16. The molecule has 3 rings (SSSR count). The first-order valence-corrected chi connectivity index (χ1v) is 5.99. The molecule has 1 aromatic carbocycles. The second-order valence-corrected chi connectivity index (χ2v) is 4.26. The van der Waals surface area contributed by atoms with Crippen LogP contribution in [0.25, 0.3) is 11.0 Å². The number of anilines is 1. The molecule has 0 atom stereocenters. The molecule has 0 radical (unpaired) electrons. The molecule has 1 amide bonds. The lowest BCUT2D eigenvalue weighted by molar-refractivity contribution is 0.101. The van der Waals surface area contributed by atoms with Gasteiger partial charge in [-0.25, -0.2) is 0 Å². The van der Waals surface area contributed by atoms with Gasteiger partial charge in [0.15, 0.2) is 0 Å². The number of carbonyl (C=O) groups is 1. The Morgan fingerprint density at radius 3 is 3.00 bits per heavy atom. The number of nitrogens with zero attached hydrogens (tertiary/aromatic N) is 4. The maximum absolute atomic E-state index is 12.0. The summed E-state index contributed by atoms with van der Waals surface area (Å²) in [6.45, 7) is 0. The summed E-state index contributed by atoms with van der Waals surface area (Å²) in [5, 5.41) is 6.78. The smallest absolute Gasteiger partial charge is 0.273 e. The van der Waals surface area contributed by atoms with Gasteiger partial charge in [0, 0.05) is 13.2 Å². The Balaban J connectivity index is 1.95. The maximum atomic E-state index is 12.0. The number of aryl methyl sites for hydroxylation is 1. The number of aromatic nitrogens is 4. The van der Waals surface area contributed by atoms with Crippen LogP contribution in [-0.2, 0) is 7.05 Å². The summed E-state index contributed by atoms with van der Waals surface area (Å²) in [4.78, 5) is 12.0. The minimum atomic E-state index is -0.212. The summed E-state index contributed by atoms with van der Waals surface area (Å²) in [6, 6.07) is 7.16. The third-order valence-corrected chi connectivity index (χ3v) is 3.13. The number of benzene rings is 1. The van der Waals surface area contributed by atoms with E-state index >= 15 is 0 Å². The lowest BCUT2D eigenvalue weighted by atomic mass is 10.2. The van der Waals surface area contributed by atoms with E-state index in [0.717, 1.165) is 17.2 Å². The first kappa shape index (κ1) is 10.8. The van der Waals surface area contributed by atoms with Crippen molar-refractivity contribution in [3.8, 4) is 0 Å². The van der Waals surface area contributed by atoms with Crippen molar-refractivity contribution in [1.29, 1.82) is 0 Å². The molecule has 0 fully saturated rings. The van der Waals surface area contributed by atoms with E-state index < -0.39 is 0 Å². The number of carbonyl (C=O) groups excluding carboxylic acids is 1. The van der Waals surface area contributed by atoms with Crippen LogP contribution in [0, 0.1) is 0 Å². The largest absolute Gasteiger partial charge is 0.319 e. The van der Waals surface area contributed by atoms with Gasteiger partial charge in [-0.15, -0.1) is 0 Å². The SMILES string of the molecule is Cn1nccc1C(=O)Nc1cccc2nsnc12. The highest BCUT2D eigenvalue weighted by molar-refractivity contribution is 7.00.